The molecular weight excluding hydrogens is 276 g/mol. The molecule has 0 bridgehead atoms. The molecule has 0 radical (unpaired) electrons. The minimum Gasteiger partial charge on any atom is -0.324 e. The first kappa shape index (κ1) is 14.8. The van der Waals surface area contributed by atoms with Crippen LogP contribution < -0.4 is 5.32 Å². The van der Waals surface area contributed by atoms with Crippen molar-refractivity contribution in [3.8, 4) is 6.07 Å². The summed E-state index contributed by atoms with van der Waals surface area (Å²) < 4.78 is 0. The zero-order chi connectivity index (χ0) is 14.4. The molecule has 1 N–H and O–H groups in total. The highest BCUT2D eigenvalue weighted by molar-refractivity contribution is 6.33. The first-order valence-corrected chi connectivity index (χ1v) is 6.93. The Balaban J connectivity index is 1.79. The van der Waals surface area contributed by atoms with Crippen LogP contribution in [0.4, 0.5) is 5.69 Å². The Hall–Kier alpha value is -1.61. The predicted octanol–water partition coefficient (Wildman–Crippen LogP) is 1.42. The van der Waals surface area contributed by atoms with Crippen molar-refractivity contribution in [1.29, 1.82) is 5.26 Å². The summed E-state index contributed by atoms with van der Waals surface area (Å²) in [5, 5.41) is 12.0. The molecule has 0 spiro atoms. The van der Waals surface area contributed by atoms with Crippen molar-refractivity contribution in [1.82, 2.24) is 9.80 Å². The Kier molecular flexibility index (Phi) is 5.36. The van der Waals surface area contributed by atoms with Crippen LogP contribution in [0.25, 0.3) is 0 Å². The van der Waals surface area contributed by atoms with E-state index in [-0.39, 0.29) is 5.91 Å². The van der Waals surface area contributed by atoms with E-state index in [1.165, 1.54) is 0 Å². The smallest absolute Gasteiger partial charge is 0.238 e. The number of anilines is 1. The fraction of sp³-hybridized carbons (Fsp3) is 0.429. The van der Waals surface area contributed by atoms with Gasteiger partial charge in [0.05, 0.1) is 29.9 Å². The topological polar surface area (TPSA) is 59.4 Å². The number of carbonyl (C=O) groups is 1. The largest absolute Gasteiger partial charge is 0.324 e. The molecule has 0 aromatic heterocycles. The summed E-state index contributed by atoms with van der Waals surface area (Å²) in [7, 11) is 0. The maximum atomic E-state index is 12.0. The number of benzene rings is 1. The van der Waals surface area contributed by atoms with Crippen molar-refractivity contribution in [3.63, 3.8) is 0 Å². The third kappa shape index (κ3) is 4.20. The number of halogens is 1. The Morgan fingerprint density at radius 1 is 1.25 bits per heavy atom. The molecule has 20 heavy (non-hydrogen) atoms. The Labute approximate surface area is 123 Å². The van der Waals surface area contributed by atoms with Gasteiger partial charge in [-0.05, 0) is 12.1 Å². The highest BCUT2D eigenvalue weighted by atomic mass is 35.5. The molecule has 0 atom stereocenters. The maximum absolute atomic E-state index is 12.0. The van der Waals surface area contributed by atoms with Crippen LogP contribution in [0.3, 0.4) is 0 Å². The number of nitrogens with zero attached hydrogens (tertiary/aromatic N) is 3. The first-order chi connectivity index (χ1) is 9.69. The number of hydrogen-bond donors (Lipinski definition) is 1. The van der Waals surface area contributed by atoms with E-state index in [2.05, 4.69) is 21.2 Å². The molecule has 1 aliphatic rings. The Bertz CT molecular complexity index is 506. The van der Waals surface area contributed by atoms with E-state index in [1.54, 1.807) is 12.1 Å². The highest BCUT2D eigenvalue weighted by Gasteiger charge is 2.18. The second-order valence-corrected chi connectivity index (χ2v) is 5.15. The van der Waals surface area contributed by atoms with Gasteiger partial charge in [0.15, 0.2) is 0 Å². The van der Waals surface area contributed by atoms with Crippen molar-refractivity contribution in [2.75, 3.05) is 44.6 Å². The van der Waals surface area contributed by atoms with Gasteiger partial charge in [0.25, 0.3) is 0 Å². The molecule has 5 nitrogen and oxygen atoms in total. The predicted molar refractivity (Wildman–Crippen MR) is 78.6 cm³/mol. The van der Waals surface area contributed by atoms with Crippen LogP contribution in [-0.4, -0.2) is 55.0 Å². The normalized spacial score (nSPS) is 16.6. The number of nitrogens with one attached hydrogen (secondary N) is 1. The number of hydrogen-bond acceptors (Lipinski definition) is 4. The van der Waals surface area contributed by atoms with Gasteiger partial charge in [-0.3, -0.25) is 14.6 Å². The average molecular weight is 293 g/mol. The van der Waals surface area contributed by atoms with Gasteiger partial charge in [0.2, 0.25) is 5.91 Å². The number of amides is 1. The van der Waals surface area contributed by atoms with Gasteiger partial charge in [-0.25, -0.2) is 0 Å². The third-order valence-corrected chi connectivity index (χ3v) is 3.60. The van der Waals surface area contributed by atoms with E-state index in [0.717, 1.165) is 26.2 Å². The minimum atomic E-state index is -0.0631. The lowest BCUT2D eigenvalue weighted by atomic mass is 10.3. The molecule has 0 unspecified atom stereocenters. The van der Waals surface area contributed by atoms with Gasteiger partial charge in [-0.2, -0.15) is 5.26 Å². The molecule has 0 aliphatic carbocycles. The molecule has 6 heteroatoms. The molecule has 1 amide bonds. The van der Waals surface area contributed by atoms with E-state index >= 15 is 0 Å². The van der Waals surface area contributed by atoms with Gasteiger partial charge in [0.1, 0.15) is 0 Å². The standard InChI is InChI=1S/C14H17ClN4O/c15-12-3-1-2-4-13(12)17-14(20)11-19-9-7-18(6-5-16)8-10-19/h1-4H,6-11H2,(H,17,20). The van der Waals surface area contributed by atoms with Gasteiger partial charge in [-0.1, -0.05) is 23.7 Å². The molecular formula is C14H17ClN4O. The van der Waals surface area contributed by atoms with Gasteiger partial charge in [0, 0.05) is 26.2 Å². The average Bonchev–Trinajstić information content (AvgIpc) is 2.44. The van der Waals surface area contributed by atoms with E-state index in [0.29, 0.717) is 23.8 Å². The lowest BCUT2D eigenvalue weighted by molar-refractivity contribution is -0.117. The second kappa shape index (κ2) is 7.25. The Morgan fingerprint density at radius 2 is 1.90 bits per heavy atom. The van der Waals surface area contributed by atoms with Crippen molar-refractivity contribution in [2.24, 2.45) is 0 Å². The fourth-order valence-corrected chi connectivity index (χ4v) is 2.34. The zero-order valence-corrected chi connectivity index (χ0v) is 11.9. The Morgan fingerprint density at radius 3 is 2.55 bits per heavy atom. The number of rotatable bonds is 4. The molecule has 1 heterocycles. The fourth-order valence-electron chi connectivity index (χ4n) is 2.16. The van der Waals surface area contributed by atoms with E-state index in [1.807, 2.05) is 12.1 Å². The molecule has 106 valence electrons. The second-order valence-electron chi connectivity index (χ2n) is 4.74. The lowest BCUT2D eigenvalue weighted by Crippen LogP contribution is -2.48. The lowest BCUT2D eigenvalue weighted by Gasteiger charge is -2.32. The van der Waals surface area contributed by atoms with Crippen LogP contribution in [0.15, 0.2) is 24.3 Å². The highest BCUT2D eigenvalue weighted by Crippen LogP contribution is 2.20. The van der Waals surface area contributed by atoms with Crippen LogP contribution >= 0.6 is 11.6 Å². The summed E-state index contributed by atoms with van der Waals surface area (Å²) in [6.45, 7) is 4.07. The summed E-state index contributed by atoms with van der Waals surface area (Å²) in [6, 6.07) is 9.34. The number of carbonyl (C=O) groups excluding carboxylic acids is 1. The summed E-state index contributed by atoms with van der Waals surface area (Å²) in [5.74, 6) is -0.0631. The minimum absolute atomic E-state index is 0.0631. The van der Waals surface area contributed by atoms with Crippen molar-refractivity contribution in [3.05, 3.63) is 29.3 Å². The van der Waals surface area contributed by atoms with Crippen LogP contribution in [0.1, 0.15) is 0 Å². The van der Waals surface area contributed by atoms with E-state index in [4.69, 9.17) is 16.9 Å². The van der Waals surface area contributed by atoms with Crippen molar-refractivity contribution >= 4 is 23.2 Å². The summed E-state index contributed by atoms with van der Waals surface area (Å²) >= 11 is 6.00. The number of piperazine rings is 1. The maximum Gasteiger partial charge on any atom is 0.238 e. The molecule has 1 saturated heterocycles. The molecule has 0 saturated carbocycles. The zero-order valence-electron chi connectivity index (χ0n) is 11.2. The molecule has 1 fully saturated rings. The third-order valence-electron chi connectivity index (χ3n) is 3.27. The van der Waals surface area contributed by atoms with E-state index < -0.39 is 0 Å². The van der Waals surface area contributed by atoms with Crippen LogP contribution in [0, 0.1) is 11.3 Å². The quantitative estimate of drug-likeness (QED) is 0.853. The molecule has 2 rings (SSSR count). The first-order valence-electron chi connectivity index (χ1n) is 6.55. The van der Waals surface area contributed by atoms with E-state index in [9.17, 15) is 4.79 Å². The van der Waals surface area contributed by atoms with Crippen molar-refractivity contribution in [2.45, 2.75) is 0 Å². The van der Waals surface area contributed by atoms with Crippen molar-refractivity contribution < 1.29 is 4.79 Å². The summed E-state index contributed by atoms with van der Waals surface area (Å²) in [4.78, 5) is 16.1. The molecule has 1 aliphatic heterocycles. The van der Waals surface area contributed by atoms with Crippen LogP contribution in [0.2, 0.25) is 5.02 Å². The van der Waals surface area contributed by atoms with Gasteiger partial charge < -0.3 is 5.32 Å². The molecule has 1 aromatic carbocycles. The summed E-state index contributed by atoms with van der Waals surface area (Å²) in [6.07, 6.45) is 0. The summed E-state index contributed by atoms with van der Waals surface area (Å²) in [5.41, 5.74) is 0.641. The van der Waals surface area contributed by atoms with Crippen LogP contribution in [0.5, 0.6) is 0 Å². The van der Waals surface area contributed by atoms with Crippen LogP contribution in [-0.2, 0) is 4.79 Å². The molecule has 1 aromatic rings. The monoisotopic (exact) mass is 292 g/mol. The number of nitriles is 1. The van der Waals surface area contributed by atoms with Gasteiger partial charge in [-0.15, -0.1) is 0 Å². The number of para-hydroxylation sites is 1. The van der Waals surface area contributed by atoms with Gasteiger partial charge >= 0.3 is 0 Å². The SMILES string of the molecule is N#CCN1CCN(CC(=O)Nc2ccccc2Cl)CC1.